The van der Waals surface area contributed by atoms with Crippen LogP contribution in [0.5, 0.6) is 5.88 Å². The van der Waals surface area contributed by atoms with Crippen molar-refractivity contribution in [1.29, 1.82) is 0 Å². The van der Waals surface area contributed by atoms with Gasteiger partial charge in [-0.3, -0.25) is 13.9 Å². The molecule has 2 heterocycles. The van der Waals surface area contributed by atoms with Crippen molar-refractivity contribution in [3.8, 4) is 5.88 Å². The lowest BCUT2D eigenvalue weighted by molar-refractivity contribution is -0.0546. The fraction of sp³-hybridized carbons (Fsp3) is 0.556. The zero-order valence-electron chi connectivity index (χ0n) is 10.9. The molecule has 22 heavy (non-hydrogen) atoms. The molecular weight excluding hydrogens is 325 g/mol. The maximum absolute atomic E-state index is 11.0. The first-order valence-corrected chi connectivity index (χ1v) is 7.42. The number of aromatic hydroxyl groups is 1. The second-order valence-corrected chi connectivity index (χ2v) is 5.76. The van der Waals surface area contributed by atoms with Crippen LogP contribution in [0.15, 0.2) is 6.33 Å². The van der Waals surface area contributed by atoms with Gasteiger partial charge in [-0.05, 0) is 0 Å². The van der Waals surface area contributed by atoms with Crippen molar-refractivity contribution in [2.24, 2.45) is 5.73 Å². The summed E-state index contributed by atoms with van der Waals surface area (Å²) in [6.07, 6.45) is -4.77. The maximum atomic E-state index is 11.0. The standard InChI is InChI=1S/C9H14N3O9P/c10-7(15)4-8(16)12(2-11-4)9-6(14)5(13)3(21-9)1-20-22(17,18)19/h2-3,5-6,9,13-14,16H,1H2,(H2,10,15)(H2,17,18,19)/t3-,5-,6-,9-/m1/s1. The summed E-state index contributed by atoms with van der Waals surface area (Å²) >= 11 is 0. The van der Waals surface area contributed by atoms with Crippen LogP contribution in [0.25, 0.3) is 0 Å². The molecule has 124 valence electrons. The van der Waals surface area contributed by atoms with Gasteiger partial charge in [-0.2, -0.15) is 0 Å². The Morgan fingerprint density at radius 2 is 2.09 bits per heavy atom. The fourth-order valence-corrected chi connectivity index (χ4v) is 2.32. The minimum absolute atomic E-state index is 0.458. The fourth-order valence-electron chi connectivity index (χ4n) is 1.98. The number of nitrogens with zero attached hydrogens (tertiary/aromatic N) is 2. The number of aromatic nitrogens is 2. The van der Waals surface area contributed by atoms with Crippen molar-refractivity contribution in [3.05, 3.63) is 12.0 Å². The third kappa shape index (κ3) is 3.28. The Labute approximate surface area is 123 Å². The Balaban J connectivity index is 2.16. The number of carbonyl (C=O) groups is 1. The van der Waals surface area contributed by atoms with Gasteiger partial charge < -0.3 is 35.6 Å². The van der Waals surface area contributed by atoms with E-state index in [-0.39, 0.29) is 0 Å². The Morgan fingerprint density at radius 1 is 1.45 bits per heavy atom. The number of hydrogen-bond donors (Lipinski definition) is 6. The smallest absolute Gasteiger partial charge is 0.469 e. The Hall–Kier alpha value is -1.53. The quantitative estimate of drug-likeness (QED) is 0.310. The van der Waals surface area contributed by atoms with E-state index in [4.69, 9.17) is 20.3 Å². The molecule has 0 aliphatic carbocycles. The minimum Gasteiger partial charge on any atom is -0.493 e. The summed E-state index contributed by atoms with van der Waals surface area (Å²) in [6, 6.07) is 0. The zero-order chi connectivity index (χ0) is 16.7. The number of phosphoric acid groups is 1. The lowest BCUT2D eigenvalue weighted by atomic mass is 10.1. The van der Waals surface area contributed by atoms with Gasteiger partial charge in [0.05, 0.1) is 6.61 Å². The molecule has 4 atom stereocenters. The summed E-state index contributed by atoms with van der Waals surface area (Å²) in [5.74, 6) is -1.69. The molecule has 0 radical (unpaired) electrons. The third-order valence-corrected chi connectivity index (χ3v) is 3.50. The van der Waals surface area contributed by atoms with Crippen LogP contribution in [0.4, 0.5) is 0 Å². The highest BCUT2D eigenvalue weighted by atomic mass is 31.2. The largest absolute Gasteiger partial charge is 0.493 e. The van der Waals surface area contributed by atoms with Gasteiger partial charge in [0.15, 0.2) is 11.9 Å². The van der Waals surface area contributed by atoms with Crippen molar-refractivity contribution in [2.75, 3.05) is 6.61 Å². The first-order valence-electron chi connectivity index (χ1n) is 5.89. The Morgan fingerprint density at radius 3 is 2.59 bits per heavy atom. The van der Waals surface area contributed by atoms with Crippen LogP contribution in [0, 0.1) is 0 Å². The van der Waals surface area contributed by atoms with E-state index in [0.29, 0.717) is 0 Å². The van der Waals surface area contributed by atoms with E-state index >= 15 is 0 Å². The number of nitrogens with two attached hydrogens (primary N) is 1. The van der Waals surface area contributed by atoms with Crippen LogP contribution >= 0.6 is 7.82 Å². The predicted molar refractivity (Wildman–Crippen MR) is 66.3 cm³/mol. The van der Waals surface area contributed by atoms with Gasteiger partial charge in [0.2, 0.25) is 5.88 Å². The van der Waals surface area contributed by atoms with Gasteiger partial charge in [-0.15, -0.1) is 0 Å². The second-order valence-electron chi connectivity index (χ2n) is 4.52. The highest BCUT2D eigenvalue weighted by molar-refractivity contribution is 7.46. The topological polar surface area (TPSA) is 198 Å². The second kappa shape index (κ2) is 5.93. The van der Waals surface area contributed by atoms with Crippen LogP contribution in [0.2, 0.25) is 0 Å². The lowest BCUT2D eigenvalue weighted by Gasteiger charge is -2.16. The number of carbonyl (C=O) groups excluding carboxylic acids is 1. The van der Waals surface area contributed by atoms with E-state index in [1.165, 1.54) is 0 Å². The number of phosphoric ester groups is 1. The van der Waals surface area contributed by atoms with Crippen LogP contribution in [0.3, 0.4) is 0 Å². The number of aliphatic hydroxyl groups excluding tert-OH is 2. The summed E-state index contributed by atoms with van der Waals surface area (Å²) < 4.78 is 20.9. The van der Waals surface area contributed by atoms with E-state index in [2.05, 4.69) is 9.51 Å². The highest BCUT2D eigenvalue weighted by Gasteiger charge is 2.45. The molecule has 0 aromatic carbocycles. The molecule has 1 fully saturated rings. The SMILES string of the molecule is NC(=O)c1ncn([C@@H]2O[C@H](COP(=O)(O)O)[C@@H](O)[C@H]2O)c1O. The number of amides is 1. The molecule has 1 aromatic heterocycles. The molecule has 0 saturated carbocycles. The van der Waals surface area contributed by atoms with E-state index < -0.39 is 56.5 Å². The highest BCUT2D eigenvalue weighted by Crippen LogP contribution is 2.39. The summed E-state index contributed by atoms with van der Waals surface area (Å²) in [4.78, 5) is 31.7. The Bertz CT molecular complexity index is 613. The van der Waals surface area contributed by atoms with E-state index in [1.807, 2.05) is 0 Å². The van der Waals surface area contributed by atoms with Gasteiger partial charge >= 0.3 is 7.82 Å². The maximum Gasteiger partial charge on any atom is 0.469 e. The van der Waals surface area contributed by atoms with Crippen molar-refractivity contribution >= 4 is 13.7 Å². The molecule has 13 heteroatoms. The molecule has 12 nitrogen and oxygen atoms in total. The summed E-state index contributed by atoms with van der Waals surface area (Å²) in [6.45, 7) is -0.697. The molecular formula is C9H14N3O9P. The summed E-state index contributed by atoms with van der Waals surface area (Å²) in [7, 11) is -4.78. The number of imidazole rings is 1. The van der Waals surface area contributed by atoms with Crippen LogP contribution in [0.1, 0.15) is 16.7 Å². The van der Waals surface area contributed by atoms with Crippen molar-refractivity contribution in [3.63, 3.8) is 0 Å². The van der Waals surface area contributed by atoms with Crippen LogP contribution in [-0.4, -0.2) is 65.5 Å². The number of ether oxygens (including phenoxy) is 1. The van der Waals surface area contributed by atoms with Crippen molar-refractivity contribution in [2.45, 2.75) is 24.5 Å². The van der Waals surface area contributed by atoms with Crippen LogP contribution < -0.4 is 5.73 Å². The molecule has 1 aromatic rings. The monoisotopic (exact) mass is 339 g/mol. The average Bonchev–Trinajstić information content (AvgIpc) is 2.90. The number of primary amides is 1. The van der Waals surface area contributed by atoms with Gasteiger partial charge in [0.25, 0.3) is 5.91 Å². The molecule has 1 aliphatic heterocycles. The molecule has 1 saturated heterocycles. The summed E-state index contributed by atoms with van der Waals surface area (Å²) in [5, 5.41) is 29.4. The van der Waals surface area contributed by atoms with Crippen molar-refractivity contribution < 1.29 is 43.7 Å². The Kier molecular flexibility index (Phi) is 4.54. The predicted octanol–water partition coefficient (Wildman–Crippen LogP) is -2.58. The first-order chi connectivity index (χ1) is 10.1. The molecule has 7 N–H and O–H groups in total. The normalized spacial score (nSPS) is 28.9. The van der Waals surface area contributed by atoms with Crippen molar-refractivity contribution in [1.82, 2.24) is 9.55 Å². The zero-order valence-corrected chi connectivity index (χ0v) is 11.8. The molecule has 2 rings (SSSR count). The number of rotatable bonds is 5. The molecule has 1 amide bonds. The van der Waals surface area contributed by atoms with Gasteiger partial charge in [0, 0.05) is 0 Å². The molecule has 0 unspecified atom stereocenters. The van der Waals surface area contributed by atoms with E-state index in [0.717, 1.165) is 10.9 Å². The van der Waals surface area contributed by atoms with E-state index in [1.54, 1.807) is 0 Å². The molecule has 0 spiro atoms. The number of aliphatic hydroxyl groups is 2. The summed E-state index contributed by atoms with van der Waals surface area (Å²) in [5.41, 5.74) is 4.52. The van der Waals surface area contributed by atoms with E-state index in [9.17, 15) is 24.7 Å². The first kappa shape index (κ1) is 16.8. The minimum atomic E-state index is -4.78. The van der Waals surface area contributed by atoms with Gasteiger partial charge in [-0.25, -0.2) is 9.55 Å². The third-order valence-electron chi connectivity index (χ3n) is 3.02. The lowest BCUT2D eigenvalue weighted by Crippen LogP contribution is -2.33. The molecule has 0 bridgehead atoms. The van der Waals surface area contributed by atoms with Gasteiger partial charge in [0.1, 0.15) is 24.6 Å². The average molecular weight is 339 g/mol. The van der Waals surface area contributed by atoms with Crippen LogP contribution in [-0.2, 0) is 13.8 Å². The molecule has 1 aliphatic rings. The number of hydrogen-bond acceptors (Lipinski definition) is 8. The van der Waals surface area contributed by atoms with Gasteiger partial charge in [-0.1, -0.05) is 0 Å².